The number of nitrogens with two attached hydrogens (primary N) is 1. The molecule has 1 aromatic carbocycles. The number of pyridine rings is 1. The number of nitrogens with zero attached hydrogens (tertiary/aromatic N) is 2. The number of benzene rings is 1. The third kappa shape index (κ3) is 0.969. The van der Waals surface area contributed by atoms with E-state index in [0.29, 0.717) is 27.8 Å². The van der Waals surface area contributed by atoms with Crippen molar-refractivity contribution in [2.75, 3.05) is 5.73 Å². The van der Waals surface area contributed by atoms with Gasteiger partial charge in [-0.1, -0.05) is 6.07 Å². The molecule has 0 radical (unpaired) electrons. The lowest BCUT2D eigenvalue weighted by Crippen LogP contribution is -1.93. The highest BCUT2D eigenvalue weighted by Crippen LogP contribution is 2.31. The van der Waals surface area contributed by atoms with E-state index < -0.39 is 0 Å². The van der Waals surface area contributed by atoms with Crippen LogP contribution in [0.25, 0.3) is 21.9 Å². The van der Waals surface area contributed by atoms with Gasteiger partial charge in [0.05, 0.1) is 17.2 Å². The molecule has 5 nitrogen and oxygen atoms in total. The van der Waals surface area contributed by atoms with Crippen LogP contribution >= 0.6 is 0 Å². The Bertz CT molecular complexity index is 659. The third-order valence-corrected chi connectivity index (χ3v) is 2.39. The summed E-state index contributed by atoms with van der Waals surface area (Å²) in [6.45, 7) is 0. The van der Waals surface area contributed by atoms with Crippen LogP contribution < -0.4 is 5.73 Å². The Kier molecular flexibility index (Phi) is 1.39. The number of rotatable bonds is 0. The Morgan fingerprint density at radius 1 is 1.33 bits per heavy atom. The summed E-state index contributed by atoms with van der Waals surface area (Å²) in [6, 6.07) is 5.12. The number of fused-ring (bicyclic) bond motifs is 3. The maximum atomic E-state index is 9.74. The molecule has 0 aliphatic carbocycles. The largest absolute Gasteiger partial charge is 0.507 e. The lowest BCUT2D eigenvalue weighted by atomic mass is 10.1. The van der Waals surface area contributed by atoms with Crippen LogP contribution in [0.2, 0.25) is 0 Å². The average Bonchev–Trinajstić information content (AvgIpc) is 2.66. The molecule has 0 spiro atoms. The van der Waals surface area contributed by atoms with Gasteiger partial charge in [0.15, 0.2) is 0 Å². The molecule has 0 fully saturated rings. The molecule has 2 aromatic heterocycles. The first kappa shape index (κ1) is 8.05. The van der Waals surface area contributed by atoms with Crippen LogP contribution in [0.5, 0.6) is 5.75 Å². The van der Waals surface area contributed by atoms with Crippen LogP contribution in [0.4, 0.5) is 5.82 Å². The summed E-state index contributed by atoms with van der Waals surface area (Å²) in [5, 5.41) is 10.4. The van der Waals surface area contributed by atoms with Crippen LogP contribution in [0.3, 0.4) is 0 Å². The first-order valence-electron chi connectivity index (χ1n) is 4.47. The summed E-state index contributed by atoms with van der Waals surface area (Å²) in [4.78, 5) is 11.2. The van der Waals surface area contributed by atoms with Crippen LogP contribution in [0.1, 0.15) is 0 Å². The number of nitrogen functional groups attached to an aromatic ring is 1. The summed E-state index contributed by atoms with van der Waals surface area (Å²) < 4.78 is 0. The molecule has 5 heteroatoms. The van der Waals surface area contributed by atoms with Gasteiger partial charge in [0.1, 0.15) is 22.6 Å². The average molecular weight is 200 g/mol. The number of aromatic nitrogens is 3. The zero-order valence-electron chi connectivity index (χ0n) is 7.73. The topological polar surface area (TPSA) is 87.8 Å². The van der Waals surface area contributed by atoms with Gasteiger partial charge in [-0.3, -0.25) is 0 Å². The Morgan fingerprint density at radius 2 is 2.20 bits per heavy atom. The Labute approximate surface area is 84.6 Å². The number of H-pyrrole nitrogens is 1. The van der Waals surface area contributed by atoms with Gasteiger partial charge >= 0.3 is 0 Å². The monoisotopic (exact) mass is 200 g/mol. The smallest absolute Gasteiger partial charge is 0.150 e. The molecule has 2 heterocycles. The number of aromatic amines is 1. The maximum Gasteiger partial charge on any atom is 0.150 e. The molecule has 0 aliphatic rings. The van der Waals surface area contributed by atoms with Gasteiger partial charge < -0.3 is 15.8 Å². The normalized spacial score (nSPS) is 11.2. The van der Waals surface area contributed by atoms with Crippen molar-refractivity contribution in [2.45, 2.75) is 0 Å². The number of imidazole rings is 1. The number of phenolic OH excluding ortho intramolecular Hbond substituents is 1. The molecular weight excluding hydrogens is 192 g/mol. The van der Waals surface area contributed by atoms with Crippen molar-refractivity contribution in [3.8, 4) is 5.75 Å². The van der Waals surface area contributed by atoms with E-state index in [9.17, 15) is 5.11 Å². The first-order valence-corrected chi connectivity index (χ1v) is 4.47. The van der Waals surface area contributed by atoms with Crippen molar-refractivity contribution in [2.24, 2.45) is 0 Å². The van der Waals surface area contributed by atoms with E-state index in [1.165, 1.54) is 6.33 Å². The summed E-state index contributed by atoms with van der Waals surface area (Å²) in [5.41, 5.74) is 7.70. The van der Waals surface area contributed by atoms with E-state index in [4.69, 9.17) is 5.73 Å². The molecule has 0 saturated heterocycles. The van der Waals surface area contributed by atoms with Crippen LogP contribution in [0.15, 0.2) is 24.5 Å². The standard InChI is InChI=1S/C10H8N4O/c11-10-9-8(12-4-13-9)7-5(14-10)2-1-3-6(7)15/h1-4,15H,(H2,11,14)(H,12,13). The summed E-state index contributed by atoms with van der Waals surface area (Å²) >= 11 is 0. The SMILES string of the molecule is Nc1nc2cccc(O)c2c2nc[nH]c12. The number of hydrogen-bond acceptors (Lipinski definition) is 4. The molecule has 0 bridgehead atoms. The summed E-state index contributed by atoms with van der Waals surface area (Å²) in [7, 11) is 0. The molecule has 0 aliphatic heterocycles. The van der Waals surface area contributed by atoms with Gasteiger partial charge in [0.25, 0.3) is 0 Å². The number of hydrogen-bond donors (Lipinski definition) is 3. The van der Waals surface area contributed by atoms with Crippen LogP contribution in [-0.4, -0.2) is 20.1 Å². The number of aromatic hydroxyl groups is 1. The fourth-order valence-corrected chi connectivity index (χ4v) is 1.73. The van der Waals surface area contributed by atoms with Gasteiger partial charge in [-0.2, -0.15) is 0 Å². The van der Waals surface area contributed by atoms with Gasteiger partial charge in [-0.15, -0.1) is 0 Å². The second-order valence-electron chi connectivity index (χ2n) is 3.29. The Hall–Kier alpha value is -2.30. The zero-order valence-corrected chi connectivity index (χ0v) is 7.73. The Morgan fingerprint density at radius 3 is 3.07 bits per heavy atom. The van der Waals surface area contributed by atoms with Gasteiger partial charge in [-0.25, -0.2) is 9.97 Å². The van der Waals surface area contributed by atoms with Crippen LogP contribution in [-0.2, 0) is 0 Å². The minimum absolute atomic E-state index is 0.164. The highest BCUT2D eigenvalue weighted by atomic mass is 16.3. The molecule has 0 saturated carbocycles. The quantitative estimate of drug-likeness (QED) is 0.511. The minimum Gasteiger partial charge on any atom is -0.507 e. The van der Waals surface area contributed by atoms with Gasteiger partial charge in [-0.05, 0) is 12.1 Å². The van der Waals surface area contributed by atoms with Crippen molar-refractivity contribution in [1.29, 1.82) is 0 Å². The predicted molar refractivity (Wildman–Crippen MR) is 57.5 cm³/mol. The molecular formula is C10H8N4O. The highest BCUT2D eigenvalue weighted by molar-refractivity contribution is 6.08. The second-order valence-corrected chi connectivity index (χ2v) is 3.29. The van der Waals surface area contributed by atoms with E-state index in [1.807, 2.05) is 0 Å². The van der Waals surface area contributed by atoms with Crippen molar-refractivity contribution in [3.05, 3.63) is 24.5 Å². The lowest BCUT2D eigenvalue weighted by Gasteiger charge is -2.02. The first-order chi connectivity index (χ1) is 7.27. The fourth-order valence-electron chi connectivity index (χ4n) is 1.73. The van der Waals surface area contributed by atoms with Crippen molar-refractivity contribution in [1.82, 2.24) is 15.0 Å². The van der Waals surface area contributed by atoms with Crippen molar-refractivity contribution < 1.29 is 5.11 Å². The summed E-state index contributed by atoms with van der Waals surface area (Å²) in [6.07, 6.45) is 1.54. The predicted octanol–water partition coefficient (Wildman–Crippen LogP) is 1.40. The maximum absolute atomic E-state index is 9.74. The van der Waals surface area contributed by atoms with E-state index in [1.54, 1.807) is 18.2 Å². The van der Waals surface area contributed by atoms with Gasteiger partial charge in [0.2, 0.25) is 0 Å². The van der Waals surface area contributed by atoms with E-state index in [0.717, 1.165) is 0 Å². The molecule has 0 unspecified atom stereocenters. The van der Waals surface area contributed by atoms with E-state index >= 15 is 0 Å². The lowest BCUT2D eigenvalue weighted by molar-refractivity contribution is 0.482. The molecule has 0 atom stereocenters. The number of nitrogens with one attached hydrogen (secondary N) is 1. The third-order valence-electron chi connectivity index (χ3n) is 2.39. The summed E-state index contributed by atoms with van der Waals surface area (Å²) in [5.74, 6) is 0.553. The second kappa shape index (κ2) is 2.60. The number of phenols is 1. The molecule has 3 rings (SSSR count). The molecule has 4 N–H and O–H groups in total. The molecule has 15 heavy (non-hydrogen) atoms. The zero-order chi connectivity index (χ0) is 10.4. The Balaban J connectivity index is 2.68. The number of anilines is 1. The van der Waals surface area contributed by atoms with Crippen LogP contribution in [0, 0.1) is 0 Å². The molecule has 0 amide bonds. The van der Waals surface area contributed by atoms with E-state index in [-0.39, 0.29) is 5.75 Å². The fraction of sp³-hybridized carbons (Fsp3) is 0. The molecule has 74 valence electrons. The highest BCUT2D eigenvalue weighted by Gasteiger charge is 2.10. The van der Waals surface area contributed by atoms with Crippen molar-refractivity contribution in [3.63, 3.8) is 0 Å². The molecule has 3 aromatic rings. The minimum atomic E-state index is 0.164. The van der Waals surface area contributed by atoms with E-state index in [2.05, 4.69) is 15.0 Å². The van der Waals surface area contributed by atoms with Crippen molar-refractivity contribution >= 4 is 27.8 Å². The van der Waals surface area contributed by atoms with Gasteiger partial charge in [0, 0.05) is 0 Å².